The molecule has 0 amide bonds. The molecule has 28 nitrogen and oxygen atoms in total. The van der Waals surface area contributed by atoms with Crippen LogP contribution in [0.4, 0.5) is 0 Å². The van der Waals surface area contributed by atoms with Crippen molar-refractivity contribution in [1.82, 2.24) is 118 Å². The fourth-order valence-electron chi connectivity index (χ4n) is 6.13. The van der Waals surface area contributed by atoms with Crippen LogP contribution in [0, 0.1) is 138 Å². The van der Waals surface area contributed by atoms with Crippen molar-refractivity contribution in [2.45, 2.75) is 138 Å². The molecular weight excluding hydrogens is 1220 g/mol. The molecule has 0 aromatic carbocycles. The van der Waals surface area contributed by atoms with Crippen LogP contribution in [0.15, 0.2) is 103 Å². The van der Waals surface area contributed by atoms with Gasteiger partial charge in [0.2, 0.25) is 11.8 Å². The monoisotopic (exact) mass is 1310 g/mol. The number of aryl methyl sites for hydroxylation is 26. The second-order valence-corrected chi connectivity index (χ2v) is 22.8. The Morgan fingerprint density at radius 2 is 0.736 bits per heavy atom. The van der Waals surface area contributed by atoms with E-state index in [1.165, 1.54) is 22.7 Å². The van der Waals surface area contributed by atoms with E-state index in [9.17, 15) is 0 Å². The molecule has 13 aromatic rings. The highest BCUT2D eigenvalue weighted by molar-refractivity contribution is 7.09. The second kappa shape index (κ2) is 44.1. The topological polar surface area (TPSA) is 314 Å². The van der Waals surface area contributed by atoms with Crippen LogP contribution in [-0.2, 0) is 42.3 Å². The molecule has 0 aliphatic carbocycles. The van der Waals surface area contributed by atoms with Crippen LogP contribution in [-0.4, -0.2) is 118 Å². The van der Waals surface area contributed by atoms with Crippen molar-refractivity contribution in [3.8, 4) is 0 Å². The Bertz CT molecular complexity index is 2760. The molecule has 0 fully saturated rings. The maximum atomic E-state index is 4.85. The minimum Gasteiger partial charge on any atom is -0.449 e. The van der Waals surface area contributed by atoms with Gasteiger partial charge in [0.25, 0.3) is 0 Å². The van der Waals surface area contributed by atoms with Gasteiger partial charge in [-0.05, 0) is 146 Å². The van der Waals surface area contributed by atoms with Crippen LogP contribution >= 0.6 is 34.2 Å². The van der Waals surface area contributed by atoms with Gasteiger partial charge in [0.15, 0.2) is 23.4 Å². The Morgan fingerprint density at radius 3 is 0.813 bits per heavy atom. The Hall–Kier alpha value is -9.36. The van der Waals surface area contributed by atoms with Crippen molar-refractivity contribution in [3.63, 3.8) is 0 Å². The van der Waals surface area contributed by atoms with E-state index in [1.54, 1.807) is 104 Å². The highest BCUT2D eigenvalue weighted by Gasteiger charge is 1.94. The average molecular weight is 1310 g/mol. The molecule has 0 radical (unpaired) electrons. The van der Waals surface area contributed by atoms with Gasteiger partial charge in [-0.2, -0.15) is 44.9 Å². The normalized spacial score (nSPS) is 9.43. The fourth-order valence-corrected chi connectivity index (χ4v) is 7.79. The molecule has 0 saturated heterocycles. The number of thiazole rings is 2. The summed E-state index contributed by atoms with van der Waals surface area (Å²) in [6.45, 7) is 38.1. The summed E-state index contributed by atoms with van der Waals surface area (Å²) in [6, 6.07) is 3.94. The van der Waals surface area contributed by atoms with Crippen molar-refractivity contribution < 1.29 is 17.9 Å². The van der Waals surface area contributed by atoms with Gasteiger partial charge >= 0.3 is 0 Å². The first-order chi connectivity index (χ1) is 42.7. The number of hydrogen-bond acceptors (Lipinski definition) is 25. The number of aromatic nitrogens is 24. The van der Waals surface area contributed by atoms with Crippen molar-refractivity contribution >= 4 is 34.2 Å². The Morgan fingerprint density at radius 1 is 0.352 bits per heavy atom. The van der Waals surface area contributed by atoms with E-state index in [0.717, 1.165) is 78.4 Å². The zero-order chi connectivity index (χ0) is 68.6. The van der Waals surface area contributed by atoms with Gasteiger partial charge in [-0.3, -0.25) is 28.1 Å². The molecule has 0 unspecified atom stereocenters. The lowest BCUT2D eigenvalue weighted by Crippen LogP contribution is -1.86. The molecule has 0 atom stereocenters. The first-order valence-corrected chi connectivity index (χ1v) is 30.6. The van der Waals surface area contributed by atoms with Gasteiger partial charge in [0.05, 0.1) is 45.2 Å². The van der Waals surface area contributed by atoms with E-state index < -0.39 is 0 Å². The summed E-state index contributed by atoms with van der Waals surface area (Å²) in [5.74, 6) is 6.62. The van der Waals surface area contributed by atoms with E-state index in [4.69, 9.17) is 8.83 Å². The Balaban J connectivity index is 0.000000493. The molecule has 13 aromatic heterocycles. The molecule has 31 heteroatoms. The summed E-state index contributed by atoms with van der Waals surface area (Å²) < 4.78 is 33.4. The van der Waals surface area contributed by atoms with Crippen LogP contribution in [0.2, 0.25) is 0 Å². The lowest BCUT2D eigenvalue weighted by atomic mass is 10.4. The van der Waals surface area contributed by atoms with Crippen LogP contribution in [0.25, 0.3) is 0 Å². The van der Waals surface area contributed by atoms with Crippen molar-refractivity contribution in [2.75, 3.05) is 0 Å². The van der Waals surface area contributed by atoms with E-state index in [-0.39, 0.29) is 0 Å². The number of oxazole rings is 2. The zero-order valence-electron chi connectivity index (χ0n) is 57.7. The SMILES string of the molecule is Cc1ccn(C)n1.Cc1ccn(C)n1.Cc1cnn(C)c1.Cc1cnn(C)c1.Cc1coc(C)n1.Cc1coc(C)n1.Cc1csc(C)n1.Cc1csc(C)n1.Cc1ncn(C)n1.Cc1ncn(C)n1.Cc1noc(C)n1.Cc1noc(C)n1.Cc1nsc(C)n1. The molecule has 0 aliphatic rings. The second-order valence-electron chi connectivity index (χ2n) is 19.7. The first-order valence-electron chi connectivity index (χ1n) is 28.1. The van der Waals surface area contributed by atoms with Crippen LogP contribution in [0.1, 0.15) is 113 Å². The van der Waals surface area contributed by atoms with Gasteiger partial charge < -0.3 is 17.9 Å². The summed E-state index contributed by atoms with van der Waals surface area (Å²) in [5, 5.41) is 38.3. The average Bonchev–Trinajstić information content (AvgIpc) is 4.26. The van der Waals surface area contributed by atoms with Crippen molar-refractivity contribution in [2.24, 2.45) is 42.3 Å². The lowest BCUT2D eigenvalue weighted by molar-refractivity contribution is 0.389. The van der Waals surface area contributed by atoms with E-state index >= 15 is 0 Å². The smallest absolute Gasteiger partial charge is 0.223 e. The highest BCUT2D eigenvalue weighted by Crippen LogP contribution is 2.06. The van der Waals surface area contributed by atoms with Crippen LogP contribution in [0.3, 0.4) is 0 Å². The fraction of sp³-hybridized carbons (Fsp3) is 0.433. The summed E-state index contributed by atoms with van der Waals surface area (Å²) in [7, 11) is 11.3. The predicted molar refractivity (Wildman–Crippen MR) is 355 cm³/mol. The molecule has 0 spiro atoms. The molecule has 0 saturated carbocycles. The quantitative estimate of drug-likeness (QED) is 0.136. The molecule has 13 heterocycles. The maximum Gasteiger partial charge on any atom is 0.223 e. The summed E-state index contributed by atoms with van der Waals surface area (Å²) in [6.07, 6.45) is 18.1. The van der Waals surface area contributed by atoms with E-state index in [0.29, 0.717) is 23.4 Å². The zero-order valence-corrected chi connectivity index (χ0v) is 60.1. The third-order valence-electron chi connectivity index (χ3n) is 9.61. The van der Waals surface area contributed by atoms with Crippen molar-refractivity contribution in [3.05, 3.63) is 198 Å². The number of hydrogen-bond donors (Lipinski definition) is 0. The van der Waals surface area contributed by atoms with Gasteiger partial charge in [-0.15, -0.1) is 22.7 Å². The summed E-state index contributed by atoms with van der Waals surface area (Å²) in [5.41, 5.74) is 8.70. The largest absolute Gasteiger partial charge is 0.449 e. The molecular formula is C60H92N24O4S3. The Kier molecular flexibility index (Phi) is 38.6. The van der Waals surface area contributed by atoms with Crippen LogP contribution < -0.4 is 0 Å². The number of rotatable bonds is 0. The molecule has 0 aliphatic heterocycles. The molecule has 91 heavy (non-hydrogen) atoms. The lowest BCUT2D eigenvalue weighted by Gasteiger charge is -1.79. The van der Waals surface area contributed by atoms with Gasteiger partial charge in [-0.25, -0.2) is 34.9 Å². The third kappa shape index (κ3) is 43.0. The summed E-state index contributed by atoms with van der Waals surface area (Å²) >= 11 is 4.83. The molecule has 0 N–H and O–H groups in total. The van der Waals surface area contributed by atoms with E-state index in [1.807, 2.05) is 202 Å². The van der Waals surface area contributed by atoms with E-state index in [2.05, 4.69) is 110 Å². The van der Waals surface area contributed by atoms with Crippen LogP contribution in [0.5, 0.6) is 0 Å². The van der Waals surface area contributed by atoms with Gasteiger partial charge in [0.1, 0.15) is 47.7 Å². The molecule has 494 valence electrons. The molecule has 0 bridgehead atoms. The minimum atomic E-state index is 0.623. The predicted octanol–water partition coefficient (Wildman–Crippen LogP) is 11.8. The molecule has 13 rings (SSSR count). The Labute approximate surface area is 546 Å². The third-order valence-corrected chi connectivity index (χ3v) is 12.1. The van der Waals surface area contributed by atoms with Gasteiger partial charge in [-0.1, -0.05) is 10.3 Å². The summed E-state index contributed by atoms with van der Waals surface area (Å²) in [4.78, 5) is 35.6. The maximum absolute atomic E-state index is 4.85. The highest BCUT2D eigenvalue weighted by atomic mass is 32.1. The number of nitrogens with zero attached hydrogens (tertiary/aromatic N) is 24. The standard InChI is InChI=1S/4C5H8N2.2C5H7NO.2C5H7NS.2C4H7N3.2C4H6N2O.C4H6N2S/c2*1-5-3-6-7(2)4-5;2*1-5-3-4-7(2)6-5;4*1-4-3-7-5(2)6-4;2*1-4-5-3-7(2)6-4;3*1-3-5-4(2)7-6-3/h4*3-4H,1-2H3;6*3H,1-2H3;3*1-2H3. The van der Waals surface area contributed by atoms with Gasteiger partial charge in [0, 0.05) is 117 Å². The van der Waals surface area contributed by atoms with Crippen molar-refractivity contribution in [1.29, 1.82) is 0 Å². The first kappa shape index (κ1) is 79.7. The minimum absolute atomic E-state index is 0.623.